The van der Waals surface area contributed by atoms with Gasteiger partial charge in [-0.05, 0) is 0 Å². The Bertz CT molecular complexity index is 83.1. The Morgan fingerprint density at radius 2 is 0.0190 bits per heavy atom. The Morgan fingerprint density at radius 3 is 0.0190 bits per heavy atom. The fraction of sp³-hybridized carbons (Fsp3) is 0. The molecule has 0 aliphatic carbocycles. The summed E-state index contributed by atoms with van der Waals surface area (Å²) in [6, 6.07) is 0. The third kappa shape index (κ3) is 14000. The number of rotatable bonds is 0. The van der Waals surface area contributed by atoms with E-state index in [1.165, 1.54) is 0 Å². The first-order valence-electron chi connectivity index (χ1n) is 0. The van der Waals surface area contributed by atoms with Crippen molar-refractivity contribution in [1.82, 2.24) is 0 Å². The second-order valence-electron chi connectivity index (χ2n) is 0. The fourth-order valence-corrected chi connectivity index (χ4v) is 0. The molecule has 0 amide bonds. The van der Waals surface area contributed by atoms with Gasteiger partial charge in [0.15, 0.2) is 0 Å². The molecule has 0 N–H and O–H groups in total. The van der Waals surface area contributed by atoms with Gasteiger partial charge in [-0.1, -0.05) is 0 Å². The van der Waals surface area contributed by atoms with Gasteiger partial charge in [0.2, 0.25) is 0 Å². The molecular weight excluding hydrogens is 2580 g/mol. The van der Waals surface area contributed by atoms with Gasteiger partial charge in [0.05, 0.1) is 0 Å². The zero-order valence-electron chi connectivity index (χ0n) is 42.9. The van der Waals surface area contributed by atoms with E-state index in [0.29, 0.717) is 0 Å². The van der Waals surface area contributed by atoms with Crippen molar-refractivity contribution >= 4 is 0 Å². The van der Waals surface area contributed by atoms with Crippen LogP contribution >= 0.6 is 0 Å². The first kappa shape index (κ1) is 14700. The Balaban J connectivity index is 0. The van der Waals surface area contributed by atoms with Crippen molar-refractivity contribution in [3.8, 4) is 0 Å². The monoisotopic (exact) mass is 2580 g/mol. The third-order valence-electron chi connectivity index (χ3n) is 0. The molecule has 0 aromatic heterocycles. The molecule has 0 aromatic rings. The minimum Gasteiger partial charge on any atom is -2.00 e. The Labute approximate surface area is 862 Å². The topological polar surface area (TPSA) is 2280 Å². The zero-order chi connectivity index (χ0) is 0. The maximum Gasteiger partial charge on any atom is 3.00 e. The molecular formula is Cr25O80-85. The van der Waals surface area contributed by atoms with Crippen molar-refractivity contribution < 1.29 is 872 Å². The van der Waals surface area contributed by atoms with Gasteiger partial charge in [-0.25, -0.2) is 0 Å². The smallest absolute Gasteiger partial charge is 2.00 e. The van der Waals surface area contributed by atoms with Crippen molar-refractivity contribution in [3.63, 3.8) is 0 Å². The number of hydrogen-bond acceptors (Lipinski definition) is 0. The van der Waals surface area contributed by atoms with Crippen molar-refractivity contribution in [2.24, 2.45) is 0 Å². The predicted octanol–water partition coefficient (Wildman–Crippen LogP) is -9.57. The van der Waals surface area contributed by atoms with Crippen LogP contribution in [0, 0.1) is 0 Å². The van der Waals surface area contributed by atoms with Crippen molar-refractivity contribution in [1.29, 1.82) is 0 Å². The molecule has 105 heteroatoms. The summed E-state index contributed by atoms with van der Waals surface area (Å²) in [6.45, 7) is 0. The van der Waals surface area contributed by atoms with Crippen LogP contribution in [0.15, 0.2) is 0 Å². The van der Waals surface area contributed by atoms with Gasteiger partial charge >= 0.3 is 434 Å². The predicted molar refractivity (Wildman–Crippen MR) is 54.9 cm³/mol. The van der Waals surface area contributed by atoms with Gasteiger partial charge in [-0.3, -0.25) is 0 Å². The van der Waals surface area contributed by atoms with Crippen LogP contribution in [-0.4, -0.2) is 0 Å². The average Bonchev–Trinajstić information content (AvgIpc) is 0. The van der Waals surface area contributed by atoms with Crippen LogP contribution in [0.4, 0.5) is 0 Å². The van der Waals surface area contributed by atoms with Crippen LogP contribution in [0.5, 0.6) is 0 Å². The van der Waals surface area contributed by atoms with Gasteiger partial charge in [-0.15, -0.1) is 0 Å². The Morgan fingerprint density at radius 1 is 0.0190 bits per heavy atom. The molecule has 0 spiro atoms. The number of hydrogen-bond donors (Lipinski definition) is 0. The molecule has 0 saturated heterocycles. The molecule has 25 radical (unpaired) electrons. The molecule has 0 aromatic carbocycles. The van der Waals surface area contributed by atoms with E-state index in [4.69, 9.17) is 0 Å². The first-order chi connectivity index (χ1) is 0. The summed E-state index contributed by atoms with van der Waals surface area (Å²) in [5, 5.41) is 0. The molecule has 105 heavy (non-hydrogen) atoms. The molecule has 0 fully saturated rings. The summed E-state index contributed by atoms with van der Waals surface area (Å²) in [5.41, 5.74) is 0. The molecule has 0 bridgehead atoms. The van der Waals surface area contributed by atoms with E-state index in [9.17, 15) is 0 Å². The van der Waals surface area contributed by atoms with Crippen LogP contribution in [0.2, 0.25) is 0 Å². The molecule has 0 aliphatic rings. The molecule has 0 unspecified atom stereocenters. The minimum atomic E-state index is 0. The Kier molecular flexibility index (Phi) is 1990000. The third-order valence-corrected chi connectivity index (χ3v) is 0. The molecule has 715 valence electrons. The van der Waals surface area contributed by atoms with E-state index < -0.39 is 0 Å². The minimum absolute atomic E-state index is 0. The second kappa shape index (κ2) is 14300. The summed E-state index contributed by atoms with van der Waals surface area (Å²) in [5.74, 6) is 0. The average molecular weight is 2580 g/mol. The quantitative estimate of drug-likeness (QED) is 0.218. The van der Waals surface area contributed by atoms with Crippen LogP contribution in [0.3, 0.4) is 0 Å². The van der Waals surface area contributed by atoms with E-state index >= 15 is 0 Å². The van der Waals surface area contributed by atoms with Crippen molar-refractivity contribution in [2.75, 3.05) is 0 Å². The van der Waals surface area contributed by atoms with Crippen LogP contribution < -0.4 is 0 Å². The summed E-state index contributed by atoms with van der Waals surface area (Å²) >= 11 is 0. The SMILES string of the molecule is [Cr+3].[Cr+3].[Cr+3].[Cr+3].[Cr+3].[Cr+3].[Cr+3].[Cr+3].[Cr+3].[Cr+3].[Cr+3].[Cr+3].[Cr+3].[Cr+3].[Cr+3].[Cr+3].[Cr+3].[Cr+3].[Cr+3].[Cr+3].[Cr+3].[Cr+3].[Cr+3].[Cr+3].[Cr+3].[O-2].[O-2].[O-2].[O-2].[O-2].[O-2].[O-2].[O-2].[O-2].[O-2].[O-2].[O-2].[O-2].[O-2].[O-2].[O-2].[O-2].[O-2].[O-2].[O-2].[O-2].[O-2].[O-2].[O-2].[O-2].[O-2].[O-2].[O-2].[O-2].[O-2].[O-2].[O-2].[O-2].[O-2].[O-2].[O-2].[O-2].[O-2].[O-2].[O-2].[O-2].[O-2].[O-2].[O-2].[O-2].[O-2].[O-2].[O-2].[O-2].[O-2].[O-2].[O-2].[O-2].[O-2].[O-2].[O-2].[O-2].[O-2].[O-2].[O-2].[O-2].[O-2].[O-2].[O-2].[O-2].[O-2].[O-2].[O-2].[O-2].[O-2].[O-2].[O-2].[O-2].[O-2].[O-2].[O-2].[O-2].[O-2].[O-2].[O-2]. The molecule has 0 atom stereocenters. The largest absolute Gasteiger partial charge is 3.00 e. The van der Waals surface area contributed by atoms with E-state index in [2.05, 4.69) is 0 Å². The van der Waals surface area contributed by atoms with Gasteiger partial charge < -0.3 is 438 Å². The van der Waals surface area contributed by atoms with E-state index in [1.54, 1.807) is 0 Å². The van der Waals surface area contributed by atoms with Gasteiger partial charge in [0, 0.05) is 0 Å². The normalized spacial score (nSPS) is 0. The summed E-state index contributed by atoms with van der Waals surface area (Å²) in [4.78, 5) is 0. The first-order valence-corrected chi connectivity index (χ1v) is 0. The standard InChI is InChI=1S/25Cr.80O/q25*+3;80*-2. The maximum atomic E-state index is 0. The summed E-state index contributed by atoms with van der Waals surface area (Å²) in [7, 11) is 0. The maximum absolute atomic E-state index is 0. The van der Waals surface area contributed by atoms with Crippen molar-refractivity contribution in [2.45, 2.75) is 0 Å². The molecule has 0 saturated carbocycles. The zero-order valence-corrected chi connectivity index (χ0v) is 74.7. The molecule has 0 aliphatic heterocycles. The van der Waals surface area contributed by atoms with Gasteiger partial charge in [0.25, 0.3) is 0 Å². The molecule has 0 rings (SSSR count). The Hall–Kier alpha value is 10.1. The van der Waals surface area contributed by atoms with Crippen LogP contribution in [0.25, 0.3) is 0 Å². The summed E-state index contributed by atoms with van der Waals surface area (Å²) in [6.07, 6.45) is 0. The van der Waals surface area contributed by atoms with Crippen LogP contribution in [0.1, 0.15) is 0 Å². The summed E-state index contributed by atoms with van der Waals surface area (Å²) < 4.78 is 0. The van der Waals surface area contributed by atoms with Crippen LogP contribution in [-0.2, 0) is 872 Å². The fourth-order valence-electron chi connectivity index (χ4n) is 0. The van der Waals surface area contributed by atoms with Gasteiger partial charge in [-0.2, -0.15) is 0 Å². The van der Waals surface area contributed by atoms with E-state index in [-0.39, 0.29) is 872 Å². The second-order valence-corrected chi connectivity index (χ2v) is 0. The van der Waals surface area contributed by atoms with E-state index in [1.807, 2.05) is 0 Å². The van der Waals surface area contributed by atoms with E-state index in [0.717, 1.165) is 0 Å². The molecule has 80 nitrogen and oxygen atoms in total. The molecule has 0 heterocycles. The van der Waals surface area contributed by atoms with Crippen molar-refractivity contribution in [3.05, 3.63) is 0 Å². The van der Waals surface area contributed by atoms with Gasteiger partial charge in [0.1, 0.15) is 0 Å².